The summed E-state index contributed by atoms with van der Waals surface area (Å²) in [4.78, 5) is 26.8. The molecule has 3 aromatic rings. The molecule has 3 nitrogen and oxygen atoms in total. The first-order valence-corrected chi connectivity index (χ1v) is 11.9. The summed E-state index contributed by atoms with van der Waals surface area (Å²) in [5.74, 6) is 0.175. The Morgan fingerprint density at radius 1 is 1.07 bits per heavy atom. The summed E-state index contributed by atoms with van der Waals surface area (Å²) >= 11 is 3.24. The number of ether oxygens (including phenoxy) is 1. The smallest absolute Gasteiger partial charge is 0.313 e. The molecule has 3 rings (SSSR count). The molecule has 156 valence electrons. The molecule has 0 aliphatic rings. The number of thiophene rings is 1. The van der Waals surface area contributed by atoms with E-state index >= 15 is 0 Å². The highest BCUT2D eigenvalue weighted by molar-refractivity contribution is 7.98. The van der Waals surface area contributed by atoms with Gasteiger partial charge in [-0.25, -0.2) is 0 Å². The molecule has 1 heterocycles. The van der Waals surface area contributed by atoms with E-state index < -0.39 is 0 Å². The molecule has 0 atom stereocenters. The number of thioether (sulfide) groups is 1. The third-order valence-electron chi connectivity index (χ3n) is 4.95. The number of carbonyl (C=O) groups excluding carboxylic acids is 2. The summed E-state index contributed by atoms with van der Waals surface area (Å²) in [5.41, 5.74) is 3.68. The molecule has 0 amide bonds. The first kappa shape index (κ1) is 22.3. The highest BCUT2D eigenvalue weighted by atomic mass is 32.2. The molecule has 0 aliphatic carbocycles. The highest BCUT2D eigenvalue weighted by Gasteiger charge is 2.15. The Bertz CT molecular complexity index is 1130. The number of allylic oxidation sites excluding steroid dienone is 1. The fraction of sp³-hybridized carbons (Fsp3) is 0.280. The lowest BCUT2D eigenvalue weighted by Crippen LogP contribution is -2.16. The molecular formula is C25H26O3S2. The standard InChI is InChI=1S/C25H26O3S2/c1-14(2)25(27)28-23-15(3)11-18(12-16(23)4)7-10-21(26)24-17(5)20-9-8-19(29-6)13-22(20)30-24/h7-14H,1-6H3. The molecule has 1 aromatic heterocycles. The van der Waals surface area contributed by atoms with Gasteiger partial charge in [-0.1, -0.05) is 26.0 Å². The molecule has 0 N–H and O–H groups in total. The number of benzene rings is 2. The number of aryl methyl sites for hydroxylation is 3. The van der Waals surface area contributed by atoms with Crippen molar-refractivity contribution in [1.29, 1.82) is 0 Å². The monoisotopic (exact) mass is 438 g/mol. The Labute approximate surface area is 186 Å². The van der Waals surface area contributed by atoms with Crippen LogP contribution in [0, 0.1) is 26.7 Å². The molecule has 2 aromatic carbocycles. The van der Waals surface area contributed by atoms with Crippen LogP contribution < -0.4 is 4.74 Å². The van der Waals surface area contributed by atoms with E-state index in [9.17, 15) is 9.59 Å². The van der Waals surface area contributed by atoms with Gasteiger partial charge in [0.15, 0.2) is 5.78 Å². The quantitative estimate of drug-likeness (QED) is 0.137. The van der Waals surface area contributed by atoms with E-state index in [-0.39, 0.29) is 17.7 Å². The van der Waals surface area contributed by atoms with E-state index in [0.29, 0.717) is 5.75 Å². The number of hydrogen-bond acceptors (Lipinski definition) is 5. The van der Waals surface area contributed by atoms with Crippen LogP contribution >= 0.6 is 23.1 Å². The van der Waals surface area contributed by atoms with Gasteiger partial charge in [0.05, 0.1) is 10.8 Å². The van der Waals surface area contributed by atoms with Gasteiger partial charge < -0.3 is 4.74 Å². The number of carbonyl (C=O) groups is 2. The topological polar surface area (TPSA) is 43.4 Å². The first-order valence-electron chi connectivity index (χ1n) is 9.83. The number of rotatable bonds is 6. The zero-order valence-corrected chi connectivity index (χ0v) is 19.8. The maximum Gasteiger partial charge on any atom is 0.313 e. The third kappa shape index (κ3) is 4.68. The van der Waals surface area contributed by atoms with Crippen molar-refractivity contribution in [2.45, 2.75) is 39.5 Å². The van der Waals surface area contributed by atoms with Gasteiger partial charge in [-0.05, 0) is 85.0 Å². The minimum absolute atomic E-state index is 0.00465. The maximum atomic E-state index is 12.9. The normalized spacial score (nSPS) is 11.6. The summed E-state index contributed by atoms with van der Waals surface area (Å²) in [5, 5.41) is 1.14. The van der Waals surface area contributed by atoms with Gasteiger partial charge >= 0.3 is 5.97 Å². The number of fused-ring (bicyclic) bond motifs is 1. The average molecular weight is 439 g/mol. The fourth-order valence-electron chi connectivity index (χ4n) is 3.27. The van der Waals surface area contributed by atoms with Crippen LogP contribution in [0.15, 0.2) is 41.3 Å². The predicted octanol–water partition coefficient (Wildman–Crippen LogP) is 7.01. The molecule has 0 saturated heterocycles. The Morgan fingerprint density at radius 2 is 1.73 bits per heavy atom. The minimum atomic E-state index is -0.246. The maximum absolute atomic E-state index is 12.9. The van der Waals surface area contributed by atoms with Crippen LogP contribution in [-0.2, 0) is 4.79 Å². The van der Waals surface area contributed by atoms with Crippen LogP contribution in [0.1, 0.15) is 45.8 Å². The SMILES string of the molecule is CSc1ccc2c(C)c(C(=O)C=Cc3cc(C)c(OC(=O)C(C)C)c(C)c3)sc2c1. The summed E-state index contributed by atoms with van der Waals surface area (Å²) in [6.45, 7) is 9.45. The minimum Gasteiger partial charge on any atom is -0.426 e. The van der Waals surface area contributed by atoms with Crippen molar-refractivity contribution in [2.24, 2.45) is 5.92 Å². The molecule has 0 aliphatic heterocycles. The van der Waals surface area contributed by atoms with E-state index in [2.05, 4.69) is 24.5 Å². The molecule has 5 heteroatoms. The summed E-state index contributed by atoms with van der Waals surface area (Å²) in [6, 6.07) is 10.2. The number of esters is 1. The molecule has 0 fully saturated rings. The van der Waals surface area contributed by atoms with Gasteiger partial charge in [0.2, 0.25) is 0 Å². The summed E-state index contributed by atoms with van der Waals surface area (Å²) < 4.78 is 6.66. The van der Waals surface area contributed by atoms with Crippen molar-refractivity contribution < 1.29 is 14.3 Å². The van der Waals surface area contributed by atoms with Crippen molar-refractivity contribution in [1.82, 2.24) is 0 Å². The largest absolute Gasteiger partial charge is 0.426 e. The van der Waals surface area contributed by atoms with E-state index in [1.807, 2.05) is 52.8 Å². The van der Waals surface area contributed by atoms with Gasteiger partial charge in [-0.3, -0.25) is 9.59 Å². The lowest BCUT2D eigenvalue weighted by Gasteiger charge is -2.13. The third-order valence-corrected chi connectivity index (χ3v) is 6.95. The first-order chi connectivity index (χ1) is 14.2. The number of ketones is 1. The van der Waals surface area contributed by atoms with Crippen LogP contribution in [0.2, 0.25) is 0 Å². The fourth-order valence-corrected chi connectivity index (χ4v) is 4.96. The van der Waals surface area contributed by atoms with Gasteiger partial charge in [0.1, 0.15) is 5.75 Å². The van der Waals surface area contributed by atoms with E-state index in [0.717, 1.165) is 37.2 Å². The van der Waals surface area contributed by atoms with Gasteiger partial charge in [0.25, 0.3) is 0 Å². The lowest BCUT2D eigenvalue weighted by molar-refractivity contribution is -0.137. The second-order valence-electron chi connectivity index (χ2n) is 7.68. The summed E-state index contributed by atoms with van der Waals surface area (Å²) in [7, 11) is 0. The van der Waals surface area contributed by atoms with Crippen molar-refractivity contribution in [2.75, 3.05) is 6.26 Å². The Balaban J connectivity index is 1.85. The van der Waals surface area contributed by atoms with Gasteiger partial charge in [-0.2, -0.15) is 0 Å². The second kappa shape index (κ2) is 9.19. The molecule has 0 bridgehead atoms. The van der Waals surface area contributed by atoms with Crippen LogP contribution in [0.3, 0.4) is 0 Å². The highest BCUT2D eigenvalue weighted by Crippen LogP contribution is 2.34. The molecule has 0 radical (unpaired) electrons. The van der Waals surface area contributed by atoms with Crippen LogP contribution in [0.5, 0.6) is 5.75 Å². The second-order valence-corrected chi connectivity index (χ2v) is 9.61. The molecule has 0 saturated carbocycles. The zero-order chi connectivity index (χ0) is 22.0. The Hall–Kier alpha value is -2.37. The van der Waals surface area contributed by atoms with Crippen LogP contribution in [0.4, 0.5) is 0 Å². The molecule has 0 spiro atoms. The van der Waals surface area contributed by atoms with Gasteiger partial charge in [0, 0.05) is 9.60 Å². The molecule has 0 unspecified atom stereocenters. The van der Waals surface area contributed by atoms with E-state index in [4.69, 9.17) is 4.74 Å². The lowest BCUT2D eigenvalue weighted by atomic mass is 10.0. The van der Waals surface area contributed by atoms with Crippen molar-refractivity contribution in [3.8, 4) is 5.75 Å². The molecular weight excluding hydrogens is 412 g/mol. The molecule has 30 heavy (non-hydrogen) atoms. The van der Waals surface area contributed by atoms with E-state index in [1.165, 1.54) is 4.90 Å². The summed E-state index contributed by atoms with van der Waals surface area (Å²) in [6.07, 6.45) is 5.50. The predicted molar refractivity (Wildman–Crippen MR) is 128 cm³/mol. The van der Waals surface area contributed by atoms with E-state index in [1.54, 1.807) is 29.2 Å². The van der Waals surface area contributed by atoms with Crippen molar-refractivity contribution >= 4 is 51.0 Å². The van der Waals surface area contributed by atoms with Crippen LogP contribution in [-0.4, -0.2) is 18.0 Å². The average Bonchev–Trinajstić information content (AvgIpc) is 3.04. The van der Waals surface area contributed by atoms with Crippen LogP contribution in [0.25, 0.3) is 16.2 Å². The van der Waals surface area contributed by atoms with Crippen molar-refractivity contribution in [3.05, 3.63) is 63.5 Å². The van der Waals surface area contributed by atoms with Gasteiger partial charge in [-0.15, -0.1) is 23.1 Å². The Kier molecular flexibility index (Phi) is 6.84. The Morgan fingerprint density at radius 3 is 2.33 bits per heavy atom. The number of hydrogen-bond donors (Lipinski definition) is 0. The zero-order valence-electron chi connectivity index (χ0n) is 18.2. The van der Waals surface area contributed by atoms with Crippen molar-refractivity contribution in [3.63, 3.8) is 0 Å².